The summed E-state index contributed by atoms with van der Waals surface area (Å²) < 4.78 is 13.2. The van der Waals surface area contributed by atoms with Gasteiger partial charge >= 0.3 is 0 Å². The molecule has 0 aromatic heterocycles. The summed E-state index contributed by atoms with van der Waals surface area (Å²) >= 11 is 5.85. The van der Waals surface area contributed by atoms with Gasteiger partial charge in [-0.1, -0.05) is 17.7 Å². The van der Waals surface area contributed by atoms with Crippen molar-refractivity contribution in [3.05, 3.63) is 34.6 Å². The van der Waals surface area contributed by atoms with Crippen LogP contribution in [0, 0.1) is 5.82 Å². The van der Waals surface area contributed by atoms with E-state index in [-0.39, 0.29) is 10.8 Å². The zero-order valence-electron chi connectivity index (χ0n) is 11.1. The average molecular weight is 283 g/mol. The number of hydrogen-bond acceptors (Lipinski definition) is 2. The summed E-state index contributed by atoms with van der Waals surface area (Å²) in [5.74, 6) is -0.330. The number of nitrogens with zero attached hydrogens (tertiary/aromatic N) is 2. The number of hydrogen-bond donors (Lipinski definition) is 0. The van der Waals surface area contributed by atoms with Crippen molar-refractivity contribution in [3.63, 3.8) is 0 Å². The number of benzene rings is 1. The first-order valence-electron chi connectivity index (χ1n) is 7.13. The maximum absolute atomic E-state index is 13.2. The standard InChI is InChI=1S/C15H20ClFN2/c16-14-9-12(4-5-15(14)17)10-18-6-2-8-19-7-1-3-13(19)11-18/h4-5,9,13H,1-3,6-8,10-11H2. The van der Waals surface area contributed by atoms with Crippen LogP contribution in [-0.2, 0) is 6.54 Å². The van der Waals surface area contributed by atoms with E-state index in [2.05, 4.69) is 9.80 Å². The Morgan fingerprint density at radius 1 is 1.21 bits per heavy atom. The third kappa shape index (κ3) is 3.10. The molecule has 0 spiro atoms. The van der Waals surface area contributed by atoms with Gasteiger partial charge in [-0.05, 0) is 56.6 Å². The van der Waals surface area contributed by atoms with Gasteiger partial charge < -0.3 is 0 Å². The molecule has 0 amide bonds. The molecule has 2 aliphatic heterocycles. The predicted octanol–water partition coefficient (Wildman–Crippen LogP) is 3.15. The van der Waals surface area contributed by atoms with E-state index in [4.69, 9.17) is 11.6 Å². The second-order valence-corrected chi connectivity index (χ2v) is 6.08. The first-order chi connectivity index (χ1) is 9.22. The lowest BCUT2D eigenvalue weighted by atomic mass is 10.1. The van der Waals surface area contributed by atoms with Crippen LogP contribution in [0.25, 0.3) is 0 Å². The van der Waals surface area contributed by atoms with E-state index >= 15 is 0 Å². The molecule has 2 heterocycles. The minimum absolute atomic E-state index is 0.231. The van der Waals surface area contributed by atoms with Crippen molar-refractivity contribution in [3.8, 4) is 0 Å². The van der Waals surface area contributed by atoms with Crippen LogP contribution in [-0.4, -0.2) is 42.0 Å². The molecule has 2 fully saturated rings. The van der Waals surface area contributed by atoms with E-state index in [1.54, 1.807) is 6.07 Å². The van der Waals surface area contributed by atoms with Crippen molar-refractivity contribution in [2.75, 3.05) is 26.2 Å². The van der Waals surface area contributed by atoms with E-state index in [0.717, 1.165) is 31.2 Å². The lowest BCUT2D eigenvalue weighted by molar-refractivity contribution is 0.215. The van der Waals surface area contributed by atoms with Crippen molar-refractivity contribution in [2.24, 2.45) is 0 Å². The lowest BCUT2D eigenvalue weighted by Crippen LogP contribution is -2.36. The van der Waals surface area contributed by atoms with Gasteiger partial charge in [0.15, 0.2) is 0 Å². The van der Waals surface area contributed by atoms with Crippen LogP contribution in [0.2, 0.25) is 5.02 Å². The minimum atomic E-state index is -0.330. The van der Waals surface area contributed by atoms with Gasteiger partial charge in [-0.25, -0.2) is 4.39 Å². The van der Waals surface area contributed by atoms with E-state index in [9.17, 15) is 4.39 Å². The number of rotatable bonds is 2. The Hall–Kier alpha value is -0.640. The molecule has 4 heteroatoms. The molecule has 0 bridgehead atoms. The van der Waals surface area contributed by atoms with E-state index in [0.29, 0.717) is 0 Å². The van der Waals surface area contributed by atoms with Crippen LogP contribution in [0.5, 0.6) is 0 Å². The van der Waals surface area contributed by atoms with E-state index < -0.39 is 0 Å². The van der Waals surface area contributed by atoms with Gasteiger partial charge in [0.2, 0.25) is 0 Å². The largest absolute Gasteiger partial charge is 0.299 e. The zero-order chi connectivity index (χ0) is 13.2. The Balaban J connectivity index is 1.66. The number of fused-ring (bicyclic) bond motifs is 1. The summed E-state index contributed by atoms with van der Waals surface area (Å²) in [6.07, 6.45) is 3.88. The molecule has 0 aliphatic carbocycles. The first kappa shape index (κ1) is 13.3. The Labute approximate surface area is 119 Å². The molecule has 2 nitrogen and oxygen atoms in total. The fourth-order valence-corrected chi connectivity index (χ4v) is 3.53. The van der Waals surface area contributed by atoms with Crippen LogP contribution in [0.3, 0.4) is 0 Å². The summed E-state index contributed by atoms with van der Waals surface area (Å²) in [7, 11) is 0. The highest BCUT2D eigenvalue weighted by molar-refractivity contribution is 6.30. The maximum atomic E-state index is 13.2. The molecule has 0 N–H and O–H groups in total. The topological polar surface area (TPSA) is 6.48 Å². The molecule has 2 aliphatic rings. The quantitative estimate of drug-likeness (QED) is 0.822. The molecule has 1 aromatic carbocycles. The first-order valence-corrected chi connectivity index (χ1v) is 7.50. The lowest BCUT2D eigenvalue weighted by Gasteiger charge is -2.25. The van der Waals surface area contributed by atoms with E-state index in [1.807, 2.05) is 6.07 Å². The van der Waals surface area contributed by atoms with Crippen LogP contribution in [0.1, 0.15) is 24.8 Å². The fourth-order valence-electron chi connectivity index (χ4n) is 3.32. The van der Waals surface area contributed by atoms with Gasteiger partial charge in [-0.3, -0.25) is 9.80 Å². The maximum Gasteiger partial charge on any atom is 0.141 e. The SMILES string of the molecule is Fc1ccc(CN2CCCN3CCCC3C2)cc1Cl. The zero-order valence-corrected chi connectivity index (χ0v) is 11.9. The van der Waals surface area contributed by atoms with Crippen molar-refractivity contribution in [1.29, 1.82) is 0 Å². The molecule has 3 rings (SSSR count). The van der Waals surface area contributed by atoms with Crippen LogP contribution < -0.4 is 0 Å². The normalized spacial score (nSPS) is 25.3. The molecule has 0 radical (unpaired) electrons. The molecular weight excluding hydrogens is 263 g/mol. The molecule has 1 unspecified atom stereocenters. The molecule has 0 saturated carbocycles. The second kappa shape index (κ2) is 5.78. The monoisotopic (exact) mass is 282 g/mol. The average Bonchev–Trinajstić information content (AvgIpc) is 2.73. The molecule has 19 heavy (non-hydrogen) atoms. The Kier molecular flexibility index (Phi) is 4.06. The van der Waals surface area contributed by atoms with Gasteiger partial charge in [0, 0.05) is 19.1 Å². The summed E-state index contributed by atoms with van der Waals surface area (Å²) in [5, 5.41) is 0.231. The minimum Gasteiger partial charge on any atom is -0.299 e. The summed E-state index contributed by atoms with van der Waals surface area (Å²) in [5.41, 5.74) is 1.11. The summed E-state index contributed by atoms with van der Waals surface area (Å²) in [4.78, 5) is 5.11. The molecule has 104 valence electrons. The van der Waals surface area contributed by atoms with Gasteiger partial charge in [0.1, 0.15) is 5.82 Å². The van der Waals surface area contributed by atoms with E-state index in [1.165, 1.54) is 38.4 Å². The Morgan fingerprint density at radius 2 is 2.05 bits per heavy atom. The number of halogens is 2. The van der Waals surface area contributed by atoms with Crippen LogP contribution >= 0.6 is 11.6 Å². The van der Waals surface area contributed by atoms with Crippen molar-refractivity contribution >= 4 is 11.6 Å². The Bertz CT molecular complexity index is 452. The van der Waals surface area contributed by atoms with Crippen molar-refractivity contribution in [1.82, 2.24) is 9.80 Å². The summed E-state index contributed by atoms with van der Waals surface area (Å²) in [6, 6.07) is 5.79. The third-order valence-electron chi connectivity index (χ3n) is 4.28. The Morgan fingerprint density at radius 3 is 2.89 bits per heavy atom. The molecule has 1 aromatic rings. The van der Waals surface area contributed by atoms with Gasteiger partial charge in [-0.15, -0.1) is 0 Å². The fraction of sp³-hybridized carbons (Fsp3) is 0.600. The predicted molar refractivity (Wildman–Crippen MR) is 75.9 cm³/mol. The molecular formula is C15H20ClFN2. The van der Waals surface area contributed by atoms with Crippen molar-refractivity contribution < 1.29 is 4.39 Å². The van der Waals surface area contributed by atoms with Crippen molar-refractivity contribution in [2.45, 2.75) is 31.8 Å². The third-order valence-corrected chi connectivity index (χ3v) is 4.57. The highest BCUT2D eigenvalue weighted by Gasteiger charge is 2.28. The highest BCUT2D eigenvalue weighted by atomic mass is 35.5. The van der Waals surface area contributed by atoms with Gasteiger partial charge in [0.05, 0.1) is 5.02 Å². The smallest absolute Gasteiger partial charge is 0.141 e. The molecule has 1 atom stereocenters. The van der Waals surface area contributed by atoms with Crippen LogP contribution in [0.15, 0.2) is 18.2 Å². The van der Waals surface area contributed by atoms with Crippen LogP contribution in [0.4, 0.5) is 4.39 Å². The summed E-state index contributed by atoms with van der Waals surface area (Å²) in [6.45, 7) is 5.63. The highest BCUT2D eigenvalue weighted by Crippen LogP contribution is 2.23. The van der Waals surface area contributed by atoms with Gasteiger partial charge in [0.25, 0.3) is 0 Å². The molecule has 2 saturated heterocycles. The van der Waals surface area contributed by atoms with Gasteiger partial charge in [-0.2, -0.15) is 0 Å². The second-order valence-electron chi connectivity index (χ2n) is 5.67.